The van der Waals surface area contributed by atoms with Gasteiger partial charge in [0.15, 0.2) is 5.76 Å². The fourth-order valence-corrected chi connectivity index (χ4v) is 2.22. The Balaban J connectivity index is 1.75. The van der Waals surface area contributed by atoms with E-state index in [-0.39, 0.29) is 5.91 Å². The number of hydrogen-bond donors (Lipinski definition) is 0. The number of nitrogens with zero attached hydrogens (tertiary/aromatic N) is 1. The molecule has 1 fully saturated rings. The molecule has 0 unspecified atom stereocenters. The minimum absolute atomic E-state index is 0.0340. The van der Waals surface area contributed by atoms with Gasteiger partial charge in [-0.25, -0.2) is 0 Å². The monoisotopic (exact) mass is 271 g/mol. The van der Waals surface area contributed by atoms with E-state index in [0.29, 0.717) is 18.3 Å². The van der Waals surface area contributed by atoms with Gasteiger partial charge in [0.2, 0.25) is 0 Å². The van der Waals surface area contributed by atoms with Gasteiger partial charge in [0.25, 0.3) is 5.91 Å². The lowest BCUT2D eigenvalue weighted by atomic mass is 10.2. The summed E-state index contributed by atoms with van der Waals surface area (Å²) in [6.45, 7) is 0.605. The number of rotatable bonds is 5. The molecule has 2 aromatic rings. The zero-order chi connectivity index (χ0) is 13.9. The third-order valence-corrected chi connectivity index (χ3v) is 3.49. The summed E-state index contributed by atoms with van der Waals surface area (Å²) in [6, 6.07) is 11.6. The van der Waals surface area contributed by atoms with Crippen LogP contribution < -0.4 is 4.74 Å². The quantitative estimate of drug-likeness (QED) is 0.839. The third-order valence-electron chi connectivity index (χ3n) is 3.49. The van der Waals surface area contributed by atoms with Crippen LogP contribution in [0.4, 0.5) is 0 Å². The Morgan fingerprint density at radius 2 is 2.05 bits per heavy atom. The second kappa shape index (κ2) is 5.41. The lowest BCUT2D eigenvalue weighted by Gasteiger charge is -2.21. The molecule has 1 aromatic heterocycles. The van der Waals surface area contributed by atoms with Crippen molar-refractivity contribution in [1.29, 1.82) is 0 Å². The van der Waals surface area contributed by atoms with Crippen molar-refractivity contribution >= 4 is 5.91 Å². The van der Waals surface area contributed by atoms with Crippen LogP contribution in [0.1, 0.15) is 29.0 Å². The fraction of sp³-hybridized carbons (Fsp3) is 0.312. The second-order valence-corrected chi connectivity index (χ2v) is 4.99. The Hall–Kier alpha value is -2.23. The van der Waals surface area contributed by atoms with E-state index in [4.69, 9.17) is 9.15 Å². The third kappa shape index (κ3) is 2.69. The maximum absolute atomic E-state index is 12.4. The van der Waals surface area contributed by atoms with Crippen molar-refractivity contribution in [3.8, 4) is 5.75 Å². The highest BCUT2D eigenvalue weighted by atomic mass is 16.5. The molecule has 3 rings (SSSR count). The molecule has 1 saturated carbocycles. The highest BCUT2D eigenvalue weighted by Crippen LogP contribution is 2.30. The molecule has 1 aliphatic rings. The predicted octanol–water partition coefficient (Wildman–Crippen LogP) is 3.09. The first-order valence-corrected chi connectivity index (χ1v) is 6.75. The summed E-state index contributed by atoms with van der Waals surface area (Å²) in [4.78, 5) is 14.3. The molecule has 0 N–H and O–H groups in total. The molecule has 4 nitrogen and oxygen atoms in total. The first-order valence-electron chi connectivity index (χ1n) is 6.75. The Labute approximate surface area is 118 Å². The molecule has 4 heteroatoms. The van der Waals surface area contributed by atoms with E-state index in [2.05, 4.69) is 0 Å². The van der Waals surface area contributed by atoms with Crippen molar-refractivity contribution in [2.75, 3.05) is 7.11 Å². The van der Waals surface area contributed by atoms with Crippen LogP contribution in [-0.2, 0) is 6.54 Å². The Kier molecular flexibility index (Phi) is 3.46. The smallest absolute Gasteiger partial charge is 0.290 e. The molecule has 1 aliphatic carbocycles. The number of methoxy groups -OCH3 is 1. The standard InChI is InChI=1S/C16H17NO3/c1-19-14-8-4-12(5-9-14)11-17(13-6-7-13)16(18)15-3-2-10-20-15/h2-5,8-10,13H,6-7,11H2,1H3. The zero-order valence-corrected chi connectivity index (χ0v) is 11.4. The van der Waals surface area contributed by atoms with E-state index in [1.807, 2.05) is 29.2 Å². The predicted molar refractivity (Wildman–Crippen MR) is 74.6 cm³/mol. The first kappa shape index (κ1) is 12.8. The average molecular weight is 271 g/mol. The van der Waals surface area contributed by atoms with Crippen LogP contribution in [0.3, 0.4) is 0 Å². The van der Waals surface area contributed by atoms with Gasteiger partial charge in [0, 0.05) is 12.6 Å². The van der Waals surface area contributed by atoms with Crippen LogP contribution in [0.2, 0.25) is 0 Å². The SMILES string of the molecule is COc1ccc(CN(C(=O)c2ccco2)C2CC2)cc1. The van der Waals surface area contributed by atoms with Gasteiger partial charge in [-0.3, -0.25) is 4.79 Å². The number of hydrogen-bond acceptors (Lipinski definition) is 3. The van der Waals surface area contributed by atoms with E-state index in [0.717, 1.165) is 24.2 Å². The summed E-state index contributed by atoms with van der Waals surface area (Å²) in [5.74, 6) is 1.20. The van der Waals surface area contributed by atoms with Crippen LogP contribution >= 0.6 is 0 Å². The number of carbonyl (C=O) groups is 1. The summed E-state index contributed by atoms with van der Waals surface area (Å²) >= 11 is 0. The van der Waals surface area contributed by atoms with Gasteiger partial charge in [-0.1, -0.05) is 12.1 Å². The van der Waals surface area contributed by atoms with Crippen LogP contribution in [0.5, 0.6) is 5.75 Å². The molecular formula is C16H17NO3. The van der Waals surface area contributed by atoms with Crippen LogP contribution in [-0.4, -0.2) is 24.0 Å². The van der Waals surface area contributed by atoms with Crippen LogP contribution in [0.15, 0.2) is 47.1 Å². The highest BCUT2D eigenvalue weighted by molar-refractivity contribution is 5.91. The molecule has 0 atom stereocenters. The van der Waals surface area contributed by atoms with E-state index in [9.17, 15) is 4.79 Å². The van der Waals surface area contributed by atoms with Crippen LogP contribution in [0.25, 0.3) is 0 Å². The normalized spacial score (nSPS) is 14.1. The minimum Gasteiger partial charge on any atom is -0.497 e. The molecule has 1 aromatic carbocycles. The molecule has 0 radical (unpaired) electrons. The number of ether oxygens (including phenoxy) is 1. The maximum Gasteiger partial charge on any atom is 0.290 e. The first-order chi connectivity index (χ1) is 9.78. The summed E-state index contributed by atoms with van der Waals surface area (Å²) in [5.41, 5.74) is 1.10. The van der Waals surface area contributed by atoms with Crippen molar-refractivity contribution in [2.45, 2.75) is 25.4 Å². The summed E-state index contributed by atoms with van der Waals surface area (Å²) in [6.07, 6.45) is 3.68. The number of benzene rings is 1. The zero-order valence-electron chi connectivity index (χ0n) is 11.4. The average Bonchev–Trinajstić information content (AvgIpc) is 3.18. The Morgan fingerprint density at radius 1 is 1.30 bits per heavy atom. The summed E-state index contributed by atoms with van der Waals surface area (Å²) in [5, 5.41) is 0. The molecule has 20 heavy (non-hydrogen) atoms. The molecule has 0 aliphatic heterocycles. The molecule has 1 amide bonds. The lowest BCUT2D eigenvalue weighted by molar-refractivity contribution is 0.0697. The van der Waals surface area contributed by atoms with Crippen molar-refractivity contribution in [1.82, 2.24) is 4.90 Å². The maximum atomic E-state index is 12.4. The largest absolute Gasteiger partial charge is 0.497 e. The van der Waals surface area contributed by atoms with Crippen molar-refractivity contribution in [3.05, 3.63) is 54.0 Å². The molecule has 104 valence electrons. The van der Waals surface area contributed by atoms with Crippen LogP contribution in [0, 0.1) is 0 Å². The molecule has 0 saturated heterocycles. The molecule has 0 spiro atoms. The van der Waals surface area contributed by atoms with Gasteiger partial charge in [0.1, 0.15) is 5.75 Å². The number of carbonyl (C=O) groups excluding carboxylic acids is 1. The summed E-state index contributed by atoms with van der Waals surface area (Å²) < 4.78 is 10.4. The molecular weight excluding hydrogens is 254 g/mol. The topological polar surface area (TPSA) is 42.7 Å². The molecule has 0 bridgehead atoms. The Morgan fingerprint density at radius 3 is 2.60 bits per heavy atom. The van der Waals surface area contributed by atoms with Crippen molar-refractivity contribution in [3.63, 3.8) is 0 Å². The van der Waals surface area contributed by atoms with E-state index >= 15 is 0 Å². The Bertz CT molecular complexity index is 570. The summed E-state index contributed by atoms with van der Waals surface area (Å²) in [7, 11) is 1.64. The fourth-order valence-electron chi connectivity index (χ4n) is 2.22. The van der Waals surface area contributed by atoms with Gasteiger partial charge in [-0.2, -0.15) is 0 Å². The van der Waals surface area contributed by atoms with Gasteiger partial charge >= 0.3 is 0 Å². The van der Waals surface area contributed by atoms with Gasteiger partial charge in [-0.05, 0) is 42.7 Å². The van der Waals surface area contributed by atoms with Gasteiger partial charge in [-0.15, -0.1) is 0 Å². The van der Waals surface area contributed by atoms with Crippen molar-refractivity contribution < 1.29 is 13.9 Å². The van der Waals surface area contributed by atoms with Crippen molar-refractivity contribution in [2.24, 2.45) is 0 Å². The lowest BCUT2D eigenvalue weighted by Crippen LogP contribution is -2.32. The number of furan rings is 1. The van der Waals surface area contributed by atoms with E-state index in [1.165, 1.54) is 6.26 Å². The second-order valence-electron chi connectivity index (χ2n) is 4.99. The van der Waals surface area contributed by atoms with Gasteiger partial charge < -0.3 is 14.1 Å². The molecule has 1 heterocycles. The number of amides is 1. The van der Waals surface area contributed by atoms with E-state index in [1.54, 1.807) is 19.2 Å². The van der Waals surface area contributed by atoms with E-state index < -0.39 is 0 Å². The minimum atomic E-state index is -0.0340. The highest BCUT2D eigenvalue weighted by Gasteiger charge is 2.34. The van der Waals surface area contributed by atoms with Gasteiger partial charge in [0.05, 0.1) is 13.4 Å².